The summed E-state index contributed by atoms with van der Waals surface area (Å²) in [6.45, 7) is 4.31. The maximum atomic E-state index is 12.5. The zero-order valence-corrected chi connectivity index (χ0v) is 18.0. The van der Waals surface area contributed by atoms with Crippen LogP contribution in [0.5, 0.6) is 0 Å². The maximum absolute atomic E-state index is 12.5. The number of rotatable bonds is 8. The van der Waals surface area contributed by atoms with Crippen LogP contribution in [0.2, 0.25) is 10.0 Å². The Balaban J connectivity index is 2.14. The molecule has 0 heterocycles. The van der Waals surface area contributed by atoms with Crippen LogP contribution in [-0.2, 0) is 26.6 Å². The number of hydrogen-bond donors (Lipinski definition) is 1. The fraction of sp³-hybridized carbons (Fsp3) is 0.294. The van der Waals surface area contributed by atoms with E-state index < -0.39 is 20.0 Å². The number of benzene rings is 2. The minimum atomic E-state index is -3.78. The molecule has 10 heteroatoms. The van der Waals surface area contributed by atoms with Gasteiger partial charge in [-0.3, -0.25) is 0 Å². The van der Waals surface area contributed by atoms with Crippen molar-refractivity contribution >= 4 is 43.2 Å². The Morgan fingerprint density at radius 1 is 0.852 bits per heavy atom. The fourth-order valence-electron chi connectivity index (χ4n) is 2.40. The molecule has 0 saturated heterocycles. The summed E-state index contributed by atoms with van der Waals surface area (Å²) in [7, 11) is -7.32. The zero-order chi connectivity index (χ0) is 20.2. The molecule has 0 aliphatic rings. The minimum Gasteiger partial charge on any atom is -0.207 e. The molecule has 0 amide bonds. The molecule has 2 rings (SSSR count). The highest BCUT2D eigenvalue weighted by atomic mass is 35.5. The van der Waals surface area contributed by atoms with Crippen LogP contribution >= 0.6 is 23.2 Å². The minimum absolute atomic E-state index is 0.00219. The third-order valence-electron chi connectivity index (χ3n) is 3.93. The Bertz CT molecular complexity index is 1000. The predicted octanol–water partition coefficient (Wildman–Crippen LogP) is 3.50. The Labute approximate surface area is 170 Å². The van der Waals surface area contributed by atoms with Gasteiger partial charge in [-0.25, -0.2) is 21.6 Å². The summed E-state index contributed by atoms with van der Waals surface area (Å²) in [6, 6.07) is 10.1. The van der Waals surface area contributed by atoms with Crippen molar-refractivity contribution < 1.29 is 16.8 Å². The van der Waals surface area contributed by atoms with Crippen LogP contribution in [0, 0.1) is 0 Å². The highest BCUT2D eigenvalue weighted by Gasteiger charge is 2.21. The standard InChI is InChI=1S/C17H20Cl2N2O4S2/c1-3-21(4-2)27(24,25)14-7-5-13(6-8-14)12-20-26(22,23)15-9-10-16(18)17(19)11-15/h5-11,20H,3-4,12H2,1-2H3. The molecule has 2 aromatic rings. The molecule has 1 N–H and O–H groups in total. The first-order valence-corrected chi connectivity index (χ1v) is 11.8. The quantitative estimate of drug-likeness (QED) is 0.666. The van der Waals surface area contributed by atoms with Gasteiger partial charge in [0.1, 0.15) is 0 Å². The van der Waals surface area contributed by atoms with E-state index in [0.717, 1.165) is 0 Å². The Morgan fingerprint density at radius 3 is 1.93 bits per heavy atom. The molecule has 0 aliphatic carbocycles. The lowest BCUT2D eigenvalue weighted by atomic mass is 10.2. The fourth-order valence-corrected chi connectivity index (χ4v) is 5.26. The van der Waals surface area contributed by atoms with Gasteiger partial charge in [0, 0.05) is 19.6 Å². The van der Waals surface area contributed by atoms with Crippen LogP contribution in [0.15, 0.2) is 52.3 Å². The molecule has 0 atom stereocenters. The van der Waals surface area contributed by atoms with E-state index in [9.17, 15) is 16.8 Å². The van der Waals surface area contributed by atoms with Crippen LogP contribution in [0.25, 0.3) is 0 Å². The van der Waals surface area contributed by atoms with Gasteiger partial charge in [-0.1, -0.05) is 49.2 Å². The van der Waals surface area contributed by atoms with Gasteiger partial charge in [0.25, 0.3) is 0 Å². The van der Waals surface area contributed by atoms with Crippen LogP contribution < -0.4 is 4.72 Å². The SMILES string of the molecule is CCN(CC)S(=O)(=O)c1ccc(CNS(=O)(=O)c2ccc(Cl)c(Cl)c2)cc1. The summed E-state index contributed by atoms with van der Waals surface area (Å²) in [5, 5.41) is 0.408. The van der Waals surface area contributed by atoms with Gasteiger partial charge in [0.2, 0.25) is 20.0 Å². The second-order valence-corrected chi connectivity index (χ2v) is 10.2. The Kier molecular flexibility index (Phi) is 7.29. The van der Waals surface area contributed by atoms with E-state index in [4.69, 9.17) is 23.2 Å². The molecule has 27 heavy (non-hydrogen) atoms. The first-order chi connectivity index (χ1) is 12.6. The first kappa shape index (κ1) is 22.1. The van der Waals surface area contributed by atoms with Crippen molar-refractivity contribution in [1.82, 2.24) is 9.03 Å². The Morgan fingerprint density at radius 2 is 1.41 bits per heavy atom. The van der Waals surface area contributed by atoms with Crippen LogP contribution in [-0.4, -0.2) is 34.2 Å². The molecule has 0 fully saturated rings. The third-order valence-corrected chi connectivity index (χ3v) is 8.14. The monoisotopic (exact) mass is 450 g/mol. The van der Waals surface area contributed by atoms with Gasteiger partial charge in [-0.15, -0.1) is 0 Å². The average molecular weight is 451 g/mol. The molecule has 0 spiro atoms. The lowest BCUT2D eigenvalue weighted by molar-refractivity contribution is 0.445. The Hall–Kier alpha value is -1.16. The summed E-state index contributed by atoms with van der Waals surface area (Å²) >= 11 is 11.7. The lowest BCUT2D eigenvalue weighted by Crippen LogP contribution is -2.30. The average Bonchev–Trinajstić information content (AvgIpc) is 2.63. The molecule has 0 saturated carbocycles. The van der Waals surface area contributed by atoms with Crippen molar-refractivity contribution in [3.63, 3.8) is 0 Å². The highest BCUT2D eigenvalue weighted by molar-refractivity contribution is 7.89. The van der Waals surface area contributed by atoms with E-state index in [-0.39, 0.29) is 26.4 Å². The van der Waals surface area contributed by atoms with Crippen molar-refractivity contribution in [1.29, 1.82) is 0 Å². The van der Waals surface area contributed by atoms with E-state index >= 15 is 0 Å². The van der Waals surface area contributed by atoms with Gasteiger partial charge in [-0.05, 0) is 35.9 Å². The normalized spacial score (nSPS) is 12.5. The summed E-state index contributed by atoms with van der Waals surface area (Å²) in [5.74, 6) is 0. The van der Waals surface area contributed by atoms with E-state index in [1.54, 1.807) is 26.0 Å². The van der Waals surface area contributed by atoms with Crippen molar-refractivity contribution in [3.8, 4) is 0 Å². The van der Waals surface area contributed by atoms with E-state index in [1.807, 2.05) is 0 Å². The predicted molar refractivity (Wildman–Crippen MR) is 107 cm³/mol. The lowest BCUT2D eigenvalue weighted by Gasteiger charge is -2.18. The largest absolute Gasteiger partial charge is 0.243 e. The molecule has 2 aromatic carbocycles. The molecule has 0 bridgehead atoms. The van der Waals surface area contributed by atoms with Crippen molar-refractivity contribution in [2.24, 2.45) is 0 Å². The molecule has 148 valence electrons. The number of halogens is 2. The number of nitrogens with one attached hydrogen (secondary N) is 1. The van der Waals surface area contributed by atoms with Crippen LogP contribution in [0.1, 0.15) is 19.4 Å². The topological polar surface area (TPSA) is 83.6 Å². The summed E-state index contributed by atoms with van der Waals surface area (Å²) < 4.78 is 53.4. The van der Waals surface area contributed by atoms with Gasteiger partial charge in [0.05, 0.1) is 19.8 Å². The zero-order valence-electron chi connectivity index (χ0n) is 14.8. The molecule has 0 aliphatic heterocycles. The summed E-state index contributed by atoms with van der Waals surface area (Å²) in [6.07, 6.45) is 0. The van der Waals surface area contributed by atoms with Crippen LogP contribution in [0.3, 0.4) is 0 Å². The second-order valence-electron chi connectivity index (χ2n) is 5.63. The second kappa shape index (κ2) is 8.89. The maximum Gasteiger partial charge on any atom is 0.243 e. The van der Waals surface area contributed by atoms with Gasteiger partial charge >= 0.3 is 0 Å². The van der Waals surface area contributed by atoms with Crippen molar-refractivity contribution in [2.45, 2.75) is 30.2 Å². The van der Waals surface area contributed by atoms with E-state index in [1.165, 1.54) is 34.6 Å². The molecular weight excluding hydrogens is 431 g/mol. The molecular formula is C17H20Cl2N2O4S2. The van der Waals surface area contributed by atoms with Gasteiger partial charge in [0.15, 0.2) is 0 Å². The van der Waals surface area contributed by atoms with Crippen molar-refractivity contribution in [3.05, 3.63) is 58.1 Å². The molecule has 0 radical (unpaired) electrons. The smallest absolute Gasteiger partial charge is 0.207 e. The highest BCUT2D eigenvalue weighted by Crippen LogP contribution is 2.25. The van der Waals surface area contributed by atoms with E-state index in [2.05, 4.69) is 4.72 Å². The summed E-state index contributed by atoms with van der Waals surface area (Å²) in [4.78, 5) is 0.167. The van der Waals surface area contributed by atoms with Gasteiger partial charge in [-0.2, -0.15) is 4.31 Å². The molecule has 0 unspecified atom stereocenters. The molecule has 6 nitrogen and oxygen atoms in total. The van der Waals surface area contributed by atoms with Gasteiger partial charge < -0.3 is 0 Å². The summed E-state index contributed by atoms with van der Waals surface area (Å²) in [5.41, 5.74) is 0.622. The number of hydrogen-bond acceptors (Lipinski definition) is 4. The van der Waals surface area contributed by atoms with Crippen LogP contribution in [0.4, 0.5) is 0 Å². The number of sulfonamides is 2. The number of nitrogens with zero attached hydrogens (tertiary/aromatic N) is 1. The van der Waals surface area contributed by atoms with E-state index in [0.29, 0.717) is 18.7 Å². The first-order valence-electron chi connectivity index (χ1n) is 8.15. The third kappa shape index (κ3) is 5.22. The molecule has 0 aromatic heterocycles. The van der Waals surface area contributed by atoms with Crippen molar-refractivity contribution in [2.75, 3.05) is 13.1 Å².